The molecule has 0 aromatic rings. The van der Waals surface area contributed by atoms with Gasteiger partial charge in [-0.15, -0.1) is 0 Å². The number of fused-ring (bicyclic) bond motifs is 5. The van der Waals surface area contributed by atoms with Crippen molar-refractivity contribution >= 4 is 5.78 Å². The predicted molar refractivity (Wildman–Crippen MR) is 135 cm³/mol. The van der Waals surface area contributed by atoms with Crippen molar-refractivity contribution in [2.45, 2.75) is 118 Å². The van der Waals surface area contributed by atoms with Crippen molar-refractivity contribution in [3.63, 3.8) is 0 Å². The molecule has 188 valence electrons. The number of aliphatic hydroxyl groups excluding tert-OH is 2. The van der Waals surface area contributed by atoms with E-state index in [1.807, 2.05) is 0 Å². The Labute approximate surface area is 202 Å². The first-order chi connectivity index (χ1) is 15.4. The largest absolute Gasteiger partial charge is 0.393 e. The lowest BCUT2D eigenvalue weighted by Crippen LogP contribution is -2.63. The van der Waals surface area contributed by atoms with E-state index in [-0.39, 0.29) is 28.8 Å². The monoisotopic (exact) mass is 458 g/mol. The van der Waals surface area contributed by atoms with Gasteiger partial charge >= 0.3 is 0 Å². The molecule has 0 saturated heterocycles. The molecule has 3 nitrogen and oxygen atoms in total. The quantitative estimate of drug-likeness (QED) is 0.458. The SMILES string of the molecule is CC(C)[C@@H](C)CC[C@@H](C)[C@]1(C)C(=O)[C@@]2(C)CC[C@H]3[C@@H](CC=C4C[C@@H](O)CC[C@@]43C)[C@@H]2C[C@H]1O. The third kappa shape index (κ3) is 3.88. The molecule has 33 heavy (non-hydrogen) atoms. The van der Waals surface area contributed by atoms with Crippen LogP contribution in [0.5, 0.6) is 0 Å². The lowest BCUT2D eigenvalue weighted by Gasteiger charge is -2.62. The van der Waals surface area contributed by atoms with Gasteiger partial charge in [0, 0.05) is 5.41 Å². The van der Waals surface area contributed by atoms with Gasteiger partial charge in [-0.2, -0.15) is 0 Å². The highest BCUT2D eigenvalue weighted by Crippen LogP contribution is 2.65. The summed E-state index contributed by atoms with van der Waals surface area (Å²) < 4.78 is 0. The first kappa shape index (κ1) is 25.4. The molecule has 10 atom stereocenters. The lowest BCUT2D eigenvalue weighted by atomic mass is 9.41. The van der Waals surface area contributed by atoms with E-state index in [2.05, 4.69) is 54.5 Å². The van der Waals surface area contributed by atoms with Gasteiger partial charge < -0.3 is 10.2 Å². The third-order valence-electron chi connectivity index (χ3n) is 11.9. The smallest absolute Gasteiger partial charge is 0.147 e. The Kier molecular flexibility index (Phi) is 6.76. The molecule has 0 unspecified atom stereocenters. The Morgan fingerprint density at radius 2 is 1.64 bits per heavy atom. The summed E-state index contributed by atoms with van der Waals surface area (Å²) in [6.07, 6.45) is 10.4. The van der Waals surface area contributed by atoms with Gasteiger partial charge in [0.1, 0.15) is 5.78 Å². The van der Waals surface area contributed by atoms with Crippen LogP contribution in [0.15, 0.2) is 11.6 Å². The Morgan fingerprint density at radius 1 is 0.970 bits per heavy atom. The van der Waals surface area contributed by atoms with Gasteiger partial charge in [0.2, 0.25) is 0 Å². The number of rotatable bonds is 5. The number of aliphatic hydroxyl groups is 2. The van der Waals surface area contributed by atoms with Gasteiger partial charge in [-0.05, 0) is 99.2 Å². The van der Waals surface area contributed by atoms with Crippen LogP contribution in [-0.4, -0.2) is 28.2 Å². The van der Waals surface area contributed by atoms with Crippen LogP contribution in [0.25, 0.3) is 0 Å². The summed E-state index contributed by atoms with van der Waals surface area (Å²) in [6, 6.07) is 0. The zero-order chi connectivity index (χ0) is 24.3. The van der Waals surface area contributed by atoms with Crippen molar-refractivity contribution < 1.29 is 15.0 Å². The van der Waals surface area contributed by atoms with Crippen LogP contribution in [0.1, 0.15) is 106 Å². The average Bonchev–Trinajstić information content (AvgIpc) is 2.77. The van der Waals surface area contributed by atoms with E-state index in [4.69, 9.17) is 0 Å². The summed E-state index contributed by atoms with van der Waals surface area (Å²) in [4.78, 5) is 14.3. The van der Waals surface area contributed by atoms with Gasteiger partial charge in [0.25, 0.3) is 0 Å². The highest BCUT2D eigenvalue weighted by molar-refractivity contribution is 5.92. The van der Waals surface area contributed by atoms with E-state index in [1.54, 1.807) is 0 Å². The molecule has 0 bridgehead atoms. The Morgan fingerprint density at radius 3 is 2.30 bits per heavy atom. The zero-order valence-electron chi connectivity index (χ0n) is 22.4. The van der Waals surface area contributed by atoms with Gasteiger partial charge in [0.15, 0.2) is 0 Å². The van der Waals surface area contributed by atoms with E-state index in [0.29, 0.717) is 29.5 Å². The van der Waals surface area contributed by atoms with Crippen LogP contribution in [0, 0.1) is 51.8 Å². The molecule has 3 heteroatoms. The van der Waals surface area contributed by atoms with E-state index < -0.39 is 11.5 Å². The summed E-state index contributed by atoms with van der Waals surface area (Å²) in [5.74, 6) is 3.18. The van der Waals surface area contributed by atoms with Crippen molar-refractivity contribution in [1.82, 2.24) is 0 Å². The second-order valence-electron chi connectivity index (χ2n) is 13.7. The fraction of sp³-hybridized carbons (Fsp3) is 0.900. The van der Waals surface area contributed by atoms with Crippen molar-refractivity contribution in [2.75, 3.05) is 0 Å². The maximum atomic E-state index is 14.3. The molecule has 0 aromatic carbocycles. The number of ketones is 1. The summed E-state index contributed by atoms with van der Waals surface area (Å²) in [7, 11) is 0. The van der Waals surface area contributed by atoms with Crippen molar-refractivity contribution in [1.29, 1.82) is 0 Å². The number of carbonyl (C=O) groups is 1. The summed E-state index contributed by atoms with van der Waals surface area (Å²) >= 11 is 0. The van der Waals surface area contributed by atoms with Crippen LogP contribution < -0.4 is 0 Å². The molecule has 0 spiro atoms. The fourth-order valence-corrected chi connectivity index (χ4v) is 8.63. The average molecular weight is 459 g/mol. The Bertz CT molecular complexity index is 785. The molecular weight excluding hydrogens is 408 g/mol. The van der Waals surface area contributed by atoms with Gasteiger partial charge in [-0.3, -0.25) is 4.79 Å². The second kappa shape index (κ2) is 8.77. The molecule has 4 aliphatic carbocycles. The summed E-state index contributed by atoms with van der Waals surface area (Å²) in [5, 5.41) is 21.8. The minimum absolute atomic E-state index is 0.165. The first-order valence-electron chi connectivity index (χ1n) is 14.0. The van der Waals surface area contributed by atoms with Crippen LogP contribution in [0.4, 0.5) is 0 Å². The van der Waals surface area contributed by atoms with Gasteiger partial charge in [0.05, 0.1) is 17.6 Å². The van der Waals surface area contributed by atoms with Crippen molar-refractivity contribution in [3.8, 4) is 0 Å². The molecule has 0 heterocycles. The normalized spacial score (nSPS) is 47.3. The summed E-state index contributed by atoms with van der Waals surface area (Å²) in [5.41, 5.74) is 0.677. The van der Waals surface area contributed by atoms with E-state index >= 15 is 0 Å². The molecule has 4 rings (SSSR count). The molecular formula is C30H50O3. The number of allylic oxidation sites excluding steroid dienone is 1. The van der Waals surface area contributed by atoms with Gasteiger partial charge in [-0.1, -0.05) is 59.6 Å². The Hall–Kier alpha value is -0.670. The number of Topliss-reactive ketones (excluding diaryl/α,β-unsaturated/α-hetero) is 1. The number of hydrogen-bond donors (Lipinski definition) is 2. The van der Waals surface area contributed by atoms with E-state index in [9.17, 15) is 15.0 Å². The van der Waals surface area contributed by atoms with Crippen molar-refractivity contribution in [3.05, 3.63) is 11.6 Å². The minimum atomic E-state index is -0.636. The highest BCUT2D eigenvalue weighted by Gasteiger charge is 2.64. The molecule has 0 radical (unpaired) electrons. The van der Waals surface area contributed by atoms with Crippen LogP contribution >= 0.6 is 0 Å². The van der Waals surface area contributed by atoms with E-state index in [0.717, 1.165) is 57.8 Å². The fourth-order valence-electron chi connectivity index (χ4n) is 8.63. The Balaban J connectivity index is 1.58. The number of carbonyl (C=O) groups excluding carboxylic acids is 1. The summed E-state index contributed by atoms with van der Waals surface area (Å²) in [6.45, 7) is 15.8. The number of hydrogen-bond acceptors (Lipinski definition) is 3. The molecule has 3 saturated carbocycles. The van der Waals surface area contributed by atoms with Crippen LogP contribution in [0.3, 0.4) is 0 Å². The van der Waals surface area contributed by atoms with Crippen LogP contribution in [-0.2, 0) is 4.79 Å². The molecule has 3 fully saturated rings. The molecule has 0 aliphatic heterocycles. The maximum absolute atomic E-state index is 14.3. The standard InChI is InChI=1S/C30H50O3/c1-18(2)19(3)8-9-20(4)30(7)26(32)17-25-23-11-10-21-16-22(31)12-14-28(21,5)24(23)13-15-29(25,6)27(30)33/h10,18-20,22-26,31-32H,8-9,11-17H2,1-7H3/t19-,20+,22-,23+,24-,25-,26+,28-,29-,30-/m0/s1. The second-order valence-corrected chi connectivity index (χ2v) is 13.7. The maximum Gasteiger partial charge on any atom is 0.147 e. The highest BCUT2D eigenvalue weighted by atomic mass is 16.3. The first-order valence-corrected chi connectivity index (χ1v) is 14.0. The third-order valence-corrected chi connectivity index (χ3v) is 11.9. The minimum Gasteiger partial charge on any atom is -0.393 e. The lowest BCUT2D eigenvalue weighted by molar-refractivity contribution is -0.180. The van der Waals surface area contributed by atoms with E-state index in [1.165, 1.54) is 5.57 Å². The van der Waals surface area contributed by atoms with Crippen molar-refractivity contribution in [2.24, 2.45) is 51.8 Å². The molecule has 0 amide bonds. The topological polar surface area (TPSA) is 57.5 Å². The van der Waals surface area contributed by atoms with Crippen LogP contribution in [0.2, 0.25) is 0 Å². The zero-order valence-corrected chi connectivity index (χ0v) is 22.4. The molecule has 4 aliphatic rings. The molecule has 0 aromatic heterocycles. The van der Waals surface area contributed by atoms with Gasteiger partial charge in [-0.25, -0.2) is 0 Å². The predicted octanol–water partition coefficient (Wildman–Crippen LogP) is 6.56. The molecule has 2 N–H and O–H groups in total.